The Bertz CT molecular complexity index is 321. The maximum Gasteiger partial charge on any atom is 0.228 e. The molecule has 1 aliphatic heterocycles. The Morgan fingerprint density at radius 3 is 1.12 bits per heavy atom. The topological polar surface area (TPSA) is 40.2 Å². The first kappa shape index (κ1) is 26.4. The van der Waals surface area contributed by atoms with Gasteiger partial charge in [-0.25, -0.2) is 0 Å². The van der Waals surface area contributed by atoms with Crippen LogP contribution >= 0.6 is 0 Å². The van der Waals surface area contributed by atoms with E-state index in [9.17, 15) is 0 Å². The van der Waals surface area contributed by atoms with E-state index in [0.29, 0.717) is 0 Å². The monoisotopic (exact) mass is 433 g/mol. The van der Waals surface area contributed by atoms with Gasteiger partial charge < -0.3 is 27.5 Å². The van der Waals surface area contributed by atoms with E-state index in [1.54, 1.807) is 0 Å². The highest BCUT2D eigenvalue weighted by molar-refractivity contribution is 5.00. The predicted octanol–water partition coefficient (Wildman–Crippen LogP) is 3.78. The normalized spacial score (nSPS) is 20.8. The van der Waals surface area contributed by atoms with E-state index in [1.807, 2.05) is 0 Å². The van der Waals surface area contributed by atoms with E-state index in [1.165, 1.54) is 109 Å². The highest BCUT2D eigenvalue weighted by Crippen LogP contribution is 2.44. The molecule has 1 aliphatic rings. The molecule has 0 saturated carbocycles. The van der Waals surface area contributed by atoms with Crippen molar-refractivity contribution in [2.24, 2.45) is 0 Å². The van der Waals surface area contributed by atoms with Crippen LogP contribution in [0, 0.1) is 0 Å². The van der Waals surface area contributed by atoms with Crippen LogP contribution in [-0.2, 0) is 4.74 Å². The Hall–Kier alpha value is 0.400. The summed E-state index contributed by atoms with van der Waals surface area (Å²) in [7, 11) is 0. The van der Waals surface area contributed by atoms with Gasteiger partial charge in [-0.2, -0.15) is 0 Å². The first-order valence-corrected chi connectivity index (χ1v) is 11.6. The van der Waals surface area contributed by atoms with Crippen molar-refractivity contribution in [2.45, 2.75) is 148 Å². The van der Waals surface area contributed by atoms with Gasteiger partial charge in [-0.3, -0.25) is 0 Å². The van der Waals surface area contributed by atoms with Crippen molar-refractivity contribution in [1.29, 1.82) is 0 Å². The summed E-state index contributed by atoms with van der Waals surface area (Å²) < 4.78 is 5.71. The van der Waals surface area contributed by atoms with Crippen LogP contribution in [0.3, 0.4) is 0 Å². The van der Waals surface area contributed by atoms with Crippen molar-refractivity contribution >= 4 is 0 Å². The van der Waals surface area contributed by atoms with Gasteiger partial charge in [0.05, 0.1) is 0 Å². The van der Waals surface area contributed by atoms with E-state index in [2.05, 4.69) is 26.5 Å². The van der Waals surface area contributed by atoms with Crippen molar-refractivity contribution in [1.82, 2.24) is 0 Å². The molecule has 1 fully saturated rings. The van der Waals surface area contributed by atoms with Gasteiger partial charge in [0.25, 0.3) is 0 Å². The zero-order valence-electron chi connectivity index (χ0n) is 18.2. The Labute approximate surface area is 175 Å². The number of unbranched alkanes of at least 4 members (excludes halogenated alkanes) is 16. The Morgan fingerprint density at radius 2 is 0.846 bits per heavy atom. The third-order valence-corrected chi connectivity index (χ3v) is 6.19. The highest BCUT2D eigenvalue weighted by atomic mass is 79.9. The molecule has 0 aromatic rings. The molecule has 1 rings (SSSR count). The smallest absolute Gasteiger partial charge is 0.228 e. The molecule has 0 aromatic heterocycles. The molecule has 1 atom stereocenters. The molecule has 0 amide bonds. The molecular formula is C23H48BrNO. The lowest BCUT2D eigenvalue weighted by molar-refractivity contribution is -0.473. The maximum atomic E-state index is 5.71. The summed E-state index contributed by atoms with van der Waals surface area (Å²) in [4.78, 5) is 0. The fourth-order valence-electron chi connectivity index (χ4n) is 3.95. The Kier molecular flexibility index (Phi) is 15.6. The van der Waals surface area contributed by atoms with E-state index in [0.717, 1.165) is 6.42 Å². The summed E-state index contributed by atoms with van der Waals surface area (Å²) in [6.45, 7) is 6.62. The lowest BCUT2D eigenvalue weighted by Gasteiger charge is -2.06. The minimum atomic E-state index is -0.0670. The summed E-state index contributed by atoms with van der Waals surface area (Å²) in [6.07, 6.45) is 25.5. The third-order valence-electron chi connectivity index (χ3n) is 6.19. The molecular weight excluding hydrogens is 386 g/mol. The molecule has 0 aromatic carbocycles. The average molecular weight is 435 g/mol. The van der Waals surface area contributed by atoms with Gasteiger partial charge in [0.2, 0.25) is 5.72 Å². The van der Waals surface area contributed by atoms with Crippen molar-refractivity contribution in [3.8, 4) is 0 Å². The maximum absolute atomic E-state index is 5.71. The zero-order chi connectivity index (χ0) is 18.4. The molecule has 0 spiro atoms. The second-order valence-electron chi connectivity index (χ2n) is 9.01. The average Bonchev–Trinajstić information content (AvgIpc) is 3.08. The van der Waals surface area contributed by atoms with Crippen LogP contribution in [0.5, 0.6) is 0 Å². The van der Waals surface area contributed by atoms with Gasteiger partial charge in [0.1, 0.15) is 5.60 Å². The molecule has 0 radical (unpaired) electrons. The van der Waals surface area contributed by atoms with Crippen molar-refractivity contribution in [2.75, 3.05) is 0 Å². The number of rotatable bonds is 18. The van der Waals surface area contributed by atoms with Crippen molar-refractivity contribution in [3.63, 3.8) is 0 Å². The number of quaternary nitrogens is 1. The van der Waals surface area contributed by atoms with Gasteiger partial charge in [-0.15, -0.1) is 0 Å². The van der Waals surface area contributed by atoms with Crippen LogP contribution in [0.1, 0.15) is 136 Å². The molecule has 0 bridgehead atoms. The van der Waals surface area contributed by atoms with Crippen LogP contribution in [0.25, 0.3) is 0 Å². The molecule has 3 N–H and O–H groups in total. The van der Waals surface area contributed by atoms with Gasteiger partial charge in [0, 0.05) is 6.42 Å². The SMILES string of the molecule is CCCCCCCCCCCCCCCCCCCC1([NH3+])OC1(C)C.[Br-]. The summed E-state index contributed by atoms with van der Waals surface area (Å²) in [5, 5.41) is 0. The Balaban J connectivity index is 0.00000625. The molecule has 26 heavy (non-hydrogen) atoms. The first-order valence-electron chi connectivity index (χ1n) is 11.6. The highest BCUT2D eigenvalue weighted by Gasteiger charge is 2.65. The van der Waals surface area contributed by atoms with Crippen molar-refractivity contribution in [3.05, 3.63) is 0 Å². The molecule has 1 heterocycles. The molecule has 1 unspecified atom stereocenters. The zero-order valence-corrected chi connectivity index (χ0v) is 19.8. The van der Waals surface area contributed by atoms with E-state index in [4.69, 9.17) is 4.74 Å². The van der Waals surface area contributed by atoms with Gasteiger partial charge in [-0.05, 0) is 20.3 Å². The van der Waals surface area contributed by atoms with Crippen LogP contribution in [0.15, 0.2) is 0 Å². The molecule has 2 nitrogen and oxygen atoms in total. The van der Waals surface area contributed by atoms with Gasteiger partial charge >= 0.3 is 0 Å². The van der Waals surface area contributed by atoms with E-state index < -0.39 is 0 Å². The largest absolute Gasteiger partial charge is 1.00 e. The fourth-order valence-corrected chi connectivity index (χ4v) is 3.95. The molecule has 0 aliphatic carbocycles. The quantitative estimate of drug-likeness (QED) is 0.259. The molecule has 3 heteroatoms. The summed E-state index contributed by atoms with van der Waals surface area (Å²) in [5.74, 6) is 0. The summed E-state index contributed by atoms with van der Waals surface area (Å²) >= 11 is 0. The van der Waals surface area contributed by atoms with Gasteiger partial charge in [-0.1, -0.05) is 110 Å². The van der Waals surface area contributed by atoms with Crippen LogP contribution in [0.2, 0.25) is 0 Å². The summed E-state index contributed by atoms with van der Waals surface area (Å²) in [6, 6.07) is 0. The van der Waals surface area contributed by atoms with E-state index >= 15 is 0 Å². The number of hydrogen-bond donors (Lipinski definition) is 1. The predicted molar refractivity (Wildman–Crippen MR) is 110 cm³/mol. The Morgan fingerprint density at radius 1 is 0.577 bits per heavy atom. The second kappa shape index (κ2) is 15.3. The number of ether oxygens (including phenoxy) is 1. The fraction of sp³-hybridized carbons (Fsp3) is 1.00. The lowest BCUT2D eigenvalue weighted by atomic mass is 9.98. The molecule has 158 valence electrons. The van der Waals surface area contributed by atoms with Gasteiger partial charge in [0.15, 0.2) is 0 Å². The molecule has 1 saturated heterocycles. The van der Waals surface area contributed by atoms with Crippen molar-refractivity contribution < 1.29 is 27.5 Å². The third kappa shape index (κ3) is 12.0. The lowest BCUT2D eigenvalue weighted by Crippen LogP contribution is -3.00. The van der Waals surface area contributed by atoms with Crippen LogP contribution in [-0.4, -0.2) is 11.3 Å². The summed E-state index contributed by atoms with van der Waals surface area (Å²) in [5.41, 5.74) is 4.19. The second-order valence-corrected chi connectivity index (χ2v) is 9.01. The van der Waals surface area contributed by atoms with E-state index in [-0.39, 0.29) is 28.3 Å². The number of halogens is 1. The number of hydrogen-bond acceptors (Lipinski definition) is 1. The standard InChI is InChI=1S/C23H47NO.BrH/c1-4-5-6-7-8-9-10-11-12-13-14-15-16-17-18-19-20-21-23(24)22(2,3)25-23;/h4-21,24H2,1-3H3;1H. The van der Waals surface area contributed by atoms with Crippen LogP contribution < -0.4 is 22.7 Å². The number of epoxide rings is 1. The minimum Gasteiger partial charge on any atom is -1.00 e. The minimum absolute atomic E-state index is 0. The van der Waals surface area contributed by atoms with Crippen LogP contribution in [0.4, 0.5) is 0 Å². The first-order chi connectivity index (χ1) is 12.0.